The molecule has 0 spiro atoms. The number of methoxy groups -OCH3 is 1. The van der Waals surface area contributed by atoms with Crippen LogP contribution in [0.5, 0.6) is 0 Å². The Bertz CT molecular complexity index is 1510. The number of fused-ring (bicyclic) bond motifs is 1. The van der Waals surface area contributed by atoms with Crippen molar-refractivity contribution in [1.29, 1.82) is 0 Å². The first-order chi connectivity index (χ1) is 17.8. The van der Waals surface area contributed by atoms with E-state index in [1.165, 1.54) is 37.0 Å². The lowest BCUT2D eigenvalue weighted by molar-refractivity contribution is 0.0592. The highest BCUT2D eigenvalue weighted by atomic mass is 32.1. The molecule has 8 nitrogen and oxygen atoms in total. The summed E-state index contributed by atoms with van der Waals surface area (Å²) in [5, 5.41) is 5.54. The van der Waals surface area contributed by atoms with Gasteiger partial charge in [-0.1, -0.05) is 19.3 Å². The van der Waals surface area contributed by atoms with Gasteiger partial charge in [0.15, 0.2) is 5.13 Å². The molecule has 0 aliphatic heterocycles. The van der Waals surface area contributed by atoms with Gasteiger partial charge in [0, 0.05) is 30.1 Å². The van der Waals surface area contributed by atoms with Crippen LogP contribution in [-0.4, -0.2) is 41.1 Å². The molecule has 0 saturated heterocycles. The molecule has 0 atom stereocenters. The molecule has 2 aromatic carbocycles. The lowest BCUT2D eigenvalue weighted by atomic mass is 9.94. The smallest absolute Gasteiger partial charge is 0.362 e. The maximum atomic E-state index is 13.7. The van der Waals surface area contributed by atoms with Gasteiger partial charge in [0.25, 0.3) is 5.56 Å². The number of rotatable bonds is 6. The van der Waals surface area contributed by atoms with Crippen LogP contribution in [0, 0.1) is 11.6 Å². The number of esters is 1. The molecule has 2 aromatic heterocycles. The second-order valence-electron chi connectivity index (χ2n) is 9.02. The van der Waals surface area contributed by atoms with Gasteiger partial charge in [-0.25, -0.2) is 23.5 Å². The Morgan fingerprint density at radius 3 is 2.54 bits per heavy atom. The summed E-state index contributed by atoms with van der Waals surface area (Å²) in [6, 6.07) is 7.17. The zero-order chi connectivity index (χ0) is 26.1. The van der Waals surface area contributed by atoms with Crippen LogP contribution in [0.3, 0.4) is 0 Å². The summed E-state index contributed by atoms with van der Waals surface area (Å²) in [4.78, 5) is 38.2. The third-order valence-corrected chi connectivity index (χ3v) is 7.35. The molecule has 0 unspecified atom stereocenters. The second kappa shape index (κ2) is 10.3. The van der Waals surface area contributed by atoms with E-state index in [9.17, 15) is 18.4 Å². The van der Waals surface area contributed by atoms with Crippen LogP contribution in [0.25, 0.3) is 22.3 Å². The van der Waals surface area contributed by atoms with E-state index in [-0.39, 0.29) is 5.69 Å². The Labute approximate surface area is 215 Å². The van der Waals surface area contributed by atoms with E-state index in [0.717, 1.165) is 37.4 Å². The Hall–Kier alpha value is -3.86. The number of hydrogen-bond donors (Lipinski definition) is 2. The van der Waals surface area contributed by atoms with E-state index < -0.39 is 23.2 Å². The molecule has 37 heavy (non-hydrogen) atoms. The molecular weight excluding hydrogens is 500 g/mol. The van der Waals surface area contributed by atoms with E-state index in [1.807, 2.05) is 13.1 Å². The molecule has 0 amide bonds. The standard InChI is InChI=1S/C26H25F2N5O3S/c1-33(17-6-4-3-5-7-17)22-12-19-18(30-24(34)23(29-19)25(35)36-2)11-20(22)31-26-32-21(13-37-26)14-8-15(27)10-16(28)9-14/h8-13,17H,3-7H2,1-2H3,(H,30,34)(H,31,32). The van der Waals surface area contributed by atoms with Crippen LogP contribution in [0.15, 0.2) is 40.5 Å². The van der Waals surface area contributed by atoms with E-state index in [1.54, 1.807) is 11.4 Å². The zero-order valence-electron chi connectivity index (χ0n) is 20.3. The monoisotopic (exact) mass is 525 g/mol. The minimum absolute atomic E-state index is 0.311. The Morgan fingerprint density at radius 1 is 1.11 bits per heavy atom. The number of benzene rings is 2. The van der Waals surface area contributed by atoms with Crippen molar-refractivity contribution >= 4 is 44.8 Å². The number of hydrogen-bond acceptors (Lipinski definition) is 8. The van der Waals surface area contributed by atoms with Gasteiger partial charge in [0.05, 0.1) is 35.2 Å². The van der Waals surface area contributed by atoms with E-state index in [4.69, 9.17) is 4.74 Å². The summed E-state index contributed by atoms with van der Waals surface area (Å²) in [5.74, 6) is -2.16. The predicted molar refractivity (Wildman–Crippen MR) is 140 cm³/mol. The molecule has 0 radical (unpaired) electrons. The van der Waals surface area contributed by atoms with Crippen molar-refractivity contribution in [3.8, 4) is 11.3 Å². The Kier molecular flexibility index (Phi) is 6.88. The molecule has 2 heterocycles. The summed E-state index contributed by atoms with van der Waals surface area (Å²) in [6.07, 6.45) is 5.59. The first-order valence-electron chi connectivity index (χ1n) is 11.9. The van der Waals surface area contributed by atoms with Crippen molar-refractivity contribution in [3.63, 3.8) is 0 Å². The third kappa shape index (κ3) is 5.17. The van der Waals surface area contributed by atoms with Crippen molar-refractivity contribution < 1.29 is 18.3 Å². The number of aromatic nitrogens is 3. The molecule has 1 aliphatic carbocycles. The maximum Gasteiger partial charge on any atom is 0.362 e. The van der Waals surface area contributed by atoms with Gasteiger partial charge < -0.3 is 19.9 Å². The molecule has 0 bridgehead atoms. The van der Waals surface area contributed by atoms with E-state index in [0.29, 0.717) is 39.2 Å². The molecule has 11 heteroatoms. The fourth-order valence-corrected chi connectivity index (χ4v) is 5.43. The molecule has 192 valence electrons. The van der Waals surface area contributed by atoms with Gasteiger partial charge in [-0.3, -0.25) is 4.79 Å². The number of carbonyl (C=O) groups excluding carboxylic acids is 1. The molecule has 4 aromatic rings. The molecule has 2 N–H and O–H groups in total. The highest BCUT2D eigenvalue weighted by Gasteiger charge is 2.23. The van der Waals surface area contributed by atoms with E-state index >= 15 is 0 Å². The lowest BCUT2D eigenvalue weighted by Gasteiger charge is -2.34. The summed E-state index contributed by atoms with van der Waals surface area (Å²) in [7, 11) is 3.21. The minimum Gasteiger partial charge on any atom is -0.464 e. The number of nitrogens with one attached hydrogen (secondary N) is 2. The normalized spacial score (nSPS) is 14.1. The highest BCUT2D eigenvalue weighted by Crippen LogP contribution is 2.37. The summed E-state index contributed by atoms with van der Waals surface area (Å²) >= 11 is 1.29. The van der Waals surface area contributed by atoms with Crippen molar-refractivity contribution in [2.45, 2.75) is 38.1 Å². The van der Waals surface area contributed by atoms with Crippen molar-refractivity contribution in [1.82, 2.24) is 15.0 Å². The van der Waals surface area contributed by atoms with Gasteiger partial charge in [-0.2, -0.15) is 0 Å². The molecule has 1 aliphatic rings. The average Bonchev–Trinajstić information content (AvgIpc) is 3.36. The zero-order valence-corrected chi connectivity index (χ0v) is 21.1. The molecule has 5 rings (SSSR count). The SMILES string of the molecule is COC(=O)c1nc2cc(N(C)C3CCCCC3)c(Nc3nc(-c4cc(F)cc(F)c4)cs3)cc2[nH]c1=O. The highest BCUT2D eigenvalue weighted by molar-refractivity contribution is 7.14. The molecule has 1 saturated carbocycles. The quantitative estimate of drug-likeness (QED) is 0.315. The fraction of sp³-hybridized carbons (Fsp3) is 0.308. The first-order valence-corrected chi connectivity index (χ1v) is 12.8. The van der Waals surface area contributed by atoms with Crippen molar-refractivity contribution in [2.75, 3.05) is 24.4 Å². The van der Waals surface area contributed by atoms with Crippen LogP contribution >= 0.6 is 11.3 Å². The predicted octanol–water partition coefficient (Wildman–Crippen LogP) is 5.62. The molecule has 1 fully saturated rings. The average molecular weight is 526 g/mol. The second-order valence-corrected chi connectivity index (χ2v) is 9.87. The Balaban J connectivity index is 1.56. The number of ether oxygens (including phenoxy) is 1. The van der Waals surface area contributed by atoms with E-state index in [2.05, 4.69) is 25.2 Å². The van der Waals surface area contributed by atoms with Crippen molar-refractivity contribution in [3.05, 3.63) is 63.4 Å². The Morgan fingerprint density at radius 2 is 1.84 bits per heavy atom. The van der Waals surface area contributed by atoms with Gasteiger partial charge in [-0.15, -0.1) is 11.3 Å². The topological polar surface area (TPSA) is 100 Å². The molecular formula is C26H25F2N5O3S. The number of thiazole rings is 1. The van der Waals surface area contributed by atoms with Crippen LogP contribution < -0.4 is 15.8 Å². The van der Waals surface area contributed by atoms with Gasteiger partial charge in [0.2, 0.25) is 5.69 Å². The van der Waals surface area contributed by atoms with Crippen LogP contribution in [0.2, 0.25) is 0 Å². The third-order valence-electron chi connectivity index (χ3n) is 6.59. The summed E-state index contributed by atoms with van der Waals surface area (Å²) in [5.41, 5.74) is 2.19. The van der Waals surface area contributed by atoms with Gasteiger partial charge in [-0.05, 0) is 37.1 Å². The summed E-state index contributed by atoms with van der Waals surface area (Å²) < 4.78 is 32.1. The fourth-order valence-electron chi connectivity index (χ4n) is 4.70. The number of carbonyl (C=O) groups is 1. The number of nitrogens with zero attached hydrogens (tertiary/aromatic N) is 3. The van der Waals surface area contributed by atoms with Crippen LogP contribution in [0.4, 0.5) is 25.3 Å². The van der Waals surface area contributed by atoms with Crippen molar-refractivity contribution in [2.24, 2.45) is 0 Å². The number of H-pyrrole nitrogens is 1. The maximum absolute atomic E-state index is 13.7. The first kappa shape index (κ1) is 24.8. The number of aromatic amines is 1. The number of halogens is 2. The van der Waals surface area contributed by atoms with Crippen LogP contribution in [0.1, 0.15) is 42.6 Å². The van der Waals surface area contributed by atoms with Gasteiger partial charge >= 0.3 is 5.97 Å². The van der Waals surface area contributed by atoms with Gasteiger partial charge in [0.1, 0.15) is 11.6 Å². The number of anilines is 3. The summed E-state index contributed by atoms with van der Waals surface area (Å²) in [6.45, 7) is 0. The van der Waals surface area contributed by atoms with Crippen LogP contribution in [-0.2, 0) is 4.74 Å². The minimum atomic E-state index is -0.809. The lowest BCUT2D eigenvalue weighted by Crippen LogP contribution is -2.33. The largest absolute Gasteiger partial charge is 0.464 e.